The van der Waals surface area contributed by atoms with Crippen molar-refractivity contribution in [3.63, 3.8) is 0 Å². The maximum absolute atomic E-state index is 12.4. The number of methoxy groups -OCH3 is 3. The quantitative estimate of drug-likeness (QED) is 0.0761. The molecule has 0 aromatic heterocycles. The van der Waals surface area contributed by atoms with Crippen molar-refractivity contribution < 1.29 is 76.1 Å². The lowest BCUT2D eigenvalue weighted by Gasteiger charge is -2.29. The Bertz CT molecular complexity index is 1920. The fourth-order valence-electron chi connectivity index (χ4n) is 5.98. The van der Waals surface area contributed by atoms with E-state index in [-0.39, 0.29) is 54.5 Å². The Hall–Kier alpha value is -6.32. The Labute approximate surface area is 336 Å². The number of carbonyl (C=O) groups is 6. The maximum Gasteiger partial charge on any atom is 0.308 e. The lowest BCUT2D eigenvalue weighted by molar-refractivity contribution is -0.157. The van der Waals surface area contributed by atoms with Gasteiger partial charge in [0.15, 0.2) is 46.7 Å². The lowest BCUT2D eigenvalue weighted by atomic mass is 9.83. The summed E-state index contributed by atoms with van der Waals surface area (Å²) in [6, 6.07) is 14.7. The minimum absolute atomic E-state index is 0.00435. The largest absolute Gasteiger partial charge is 0.493 e. The van der Waals surface area contributed by atoms with Gasteiger partial charge in [-0.25, -0.2) is 0 Å². The molecule has 0 bridgehead atoms. The van der Waals surface area contributed by atoms with Gasteiger partial charge in [0.05, 0.1) is 34.5 Å². The first-order chi connectivity index (χ1) is 27.5. The minimum atomic E-state index is -1.15. The van der Waals surface area contributed by atoms with Gasteiger partial charge in [0.1, 0.15) is 6.61 Å². The first kappa shape index (κ1) is 46.1. The van der Waals surface area contributed by atoms with Gasteiger partial charge < -0.3 is 47.4 Å². The Balaban J connectivity index is 2.02. The second kappa shape index (κ2) is 22.4. The van der Waals surface area contributed by atoms with E-state index in [0.717, 1.165) is 11.1 Å². The molecule has 0 aliphatic rings. The summed E-state index contributed by atoms with van der Waals surface area (Å²) in [6.07, 6.45) is -1.60. The summed E-state index contributed by atoms with van der Waals surface area (Å²) in [7, 11) is 4.26. The third kappa shape index (κ3) is 14.6. The normalized spacial score (nSPS) is 12.7. The molecule has 0 N–H and O–H groups in total. The van der Waals surface area contributed by atoms with Crippen molar-refractivity contribution in [3.8, 4) is 34.5 Å². The van der Waals surface area contributed by atoms with E-state index >= 15 is 0 Å². The van der Waals surface area contributed by atoms with Crippen LogP contribution in [0.4, 0.5) is 0 Å². The van der Waals surface area contributed by atoms with Gasteiger partial charge in [0.2, 0.25) is 0 Å². The highest BCUT2D eigenvalue weighted by Gasteiger charge is 2.32. The van der Waals surface area contributed by atoms with E-state index in [1.54, 1.807) is 42.5 Å². The highest BCUT2D eigenvalue weighted by Crippen LogP contribution is 2.38. The van der Waals surface area contributed by atoms with Gasteiger partial charge in [0, 0.05) is 58.9 Å². The smallest absolute Gasteiger partial charge is 0.308 e. The van der Waals surface area contributed by atoms with Gasteiger partial charge in [-0.05, 0) is 60.4 Å². The van der Waals surface area contributed by atoms with Crippen LogP contribution < -0.4 is 28.4 Å². The maximum atomic E-state index is 12.4. The van der Waals surface area contributed by atoms with Gasteiger partial charge >= 0.3 is 35.8 Å². The average molecular weight is 811 g/mol. The van der Waals surface area contributed by atoms with E-state index in [1.165, 1.54) is 75.0 Å². The second-order valence-electron chi connectivity index (χ2n) is 13.1. The standard InChI is InChI=1S/C42H50O16/c1-24(43)52-21-33(16-30-10-13-35(55-27(4)46)38(18-30)49-7)34(22-53-25(2)44)17-31-11-14-37(39(19-31)50-8)58-41(23-54-26(3)45)42(57-29(6)48)32-12-15-36(56-28(5)47)40(20-32)51-9/h10-15,18-20,33-34,41-42H,16-17,21-23H2,1-9H3. The van der Waals surface area contributed by atoms with E-state index < -0.39 is 53.9 Å². The zero-order valence-electron chi connectivity index (χ0n) is 34.1. The van der Waals surface area contributed by atoms with Crippen LogP contribution >= 0.6 is 0 Å². The molecule has 16 nitrogen and oxygen atoms in total. The van der Waals surface area contributed by atoms with Crippen LogP contribution in [0.15, 0.2) is 54.6 Å². The number of carbonyl (C=O) groups excluding carboxylic acids is 6. The molecular weight excluding hydrogens is 760 g/mol. The van der Waals surface area contributed by atoms with Crippen LogP contribution in [0.2, 0.25) is 0 Å². The van der Waals surface area contributed by atoms with Crippen molar-refractivity contribution in [2.24, 2.45) is 11.8 Å². The summed E-state index contributed by atoms with van der Waals surface area (Å²) in [6.45, 7) is 7.19. The molecule has 3 rings (SSSR count). The van der Waals surface area contributed by atoms with E-state index in [1.807, 2.05) is 0 Å². The molecule has 3 aromatic carbocycles. The van der Waals surface area contributed by atoms with E-state index in [2.05, 4.69) is 0 Å². The lowest BCUT2D eigenvalue weighted by Crippen LogP contribution is -2.34. The fourth-order valence-corrected chi connectivity index (χ4v) is 5.98. The minimum Gasteiger partial charge on any atom is -0.493 e. The zero-order valence-corrected chi connectivity index (χ0v) is 34.1. The molecule has 0 fully saturated rings. The van der Waals surface area contributed by atoms with Gasteiger partial charge in [-0.2, -0.15) is 0 Å². The number of esters is 6. The fraction of sp³-hybridized carbons (Fsp3) is 0.429. The Morgan fingerprint density at radius 3 is 1.31 bits per heavy atom. The van der Waals surface area contributed by atoms with Crippen LogP contribution in [-0.4, -0.2) is 83.1 Å². The molecule has 0 aliphatic heterocycles. The van der Waals surface area contributed by atoms with Crippen molar-refractivity contribution >= 4 is 35.8 Å². The number of ether oxygens (including phenoxy) is 10. The monoisotopic (exact) mass is 810 g/mol. The van der Waals surface area contributed by atoms with Crippen LogP contribution in [0.5, 0.6) is 34.5 Å². The van der Waals surface area contributed by atoms with Crippen molar-refractivity contribution in [1.82, 2.24) is 0 Å². The van der Waals surface area contributed by atoms with Crippen molar-refractivity contribution in [1.29, 1.82) is 0 Å². The highest BCUT2D eigenvalue weighted by atomic mass is 16.6. The molecule has 0 radical (unpaired) electrons. The predicted octanol–water partition coefficient (Wildman–Crippen LogP) is 5.32. The average Bonchev–Trinajstić information content (AvgIpc) is 3.16. The summed E-state index contributed by atoms with van der Waals surface area (Å²) in [4.78, 5) is 71.6. The number of hydrogen-bond acceptors (Lipinski definition) is 16. The van der Waals surface area contributed by atoms with Crippen molar-refractivity contribution in [3.05, 3.63) is 71.3 Å². The number of benzene rings is 3. The first-order valence-corrected chi connectivity index (χ1v) is 18.2. The number of rotatable bonds is 21. The van der Waals surface area contributed by atoms with Gasteiger partial charge in [-0.15, -0.1) is 0 Å². The molecule has 0 spiro atoms. The first-order valence-electron chi connectivity index (χ1n) is 18.2. The van der Waals surface area contributed by atoms with Gasteiger partial charge in [0.25, 0.3) is 0 Å². The molecule has 0 saturated carbocycles. The molecule has 4 atom stereocenters. The van der Waals surface area contributed by atoms with Gasteiger partial charge in [-0.1, -0.05) is 18.2 Å². The molecule has 0 heterocycles. The molecule has 16 heteroatoms. The molecule has 0 aliphatic carbocycles. The predicted molar refractivity (Wildman–Crippen MR) is 205 cm³/mol. The topological polar surface area (TPSA) is 195 Å². The van der Waals surface area contributed by atoms with E-state index in [9.17, 15) is 28.8 Å². The van der Waals surface area contributed by atoms with Gasteiger partial charge in [-0.3, -0.25) is 28.8 Å². The van der Waals surface area contributed by atoms with Crippen molar-refractivity contribution in [2.75, 3.05) is 41.2 Å². The molecule has 58 heavy (non-hydrogen) atoms. The third-order valence-electron chi connectivity index (χ3n) is 8.50. The molecule has 0 amide bonds. The van der Waals surface area contributed by atoms with E-state index in [0.29, 0.717) is 24.2 Å². The summed E-state index contributed by atoms with van der Waals surface area (Å²) < 4.78 is 55.5. The summed E-state index contributed by atoms with van der Waals surface area (Å²) in [5, 5.41) is 0. The zero-order chi connectivity index (χ0) is 42.9. The van der Waals surface area contributed by atoms with E-state index in [4.69, 9.17) is 47.4 Å². The van der Waals surface area contributed by atoms with Crippen LogP contribution in [0, 0.1) is 11.8 Å². The summed E-state index contributed by atoms with van der Waals surface area (Å²) in [5.74, 6) is -2.76. The van der Waals surface area contributed by atoms with Crippen LogP contribution in [0.1, 0.15) is 64.3 Å². The summed E-state index contributed by atoms with van der Waals surface area (Å²) >= 11 is 0. The second-order valence-corrected chi connectivity index (χ2v) is 13.1. The molecule has 3 aromatic rings. The van der Waals surface area contributed by atoms with Crippen LogP contribution in [0.3, 0.4) is 0 Å². The third-order valence-corrected chi connectivity index (χ3v) is 8.50. The number of hydrogen-bond donors (Lipinski definition) is 0. The Kier molecular flexibility index (Phi) is 17.8. The SMILES string of the molecule is COc1cc(CC(COC(C)=O)C(COC(C)=O)Cc2ccc(OC(COC(C)=O)C(OC(C)=O)c3ccc(OC(C)=O)c(OC)c3)c(OC)c2)ccc1OC(C)=O. The summed E-state index contributed by atoms with van der Waals surface area (Å²) in [5.41, 5.74) is 1.89. The van der Waals surface area contributed by atoms with Crippen LogP contribution in [0.25, 0.3) is 0 Å². The molecule has 0 saturated heterocycles. The highest BCUT2D eigenvalue weighted by molar-refractivity contribution is 5.71. The Morgan fingerprint density at radius 2 is 0.879 bits per heavy atom. The molecule has 4 unspecified atom stereocenters. The van der Waals surface area contributed by atoms with Crippen LogP contribution in [-0.2, 0) is 60.6 Å². The van der Waals surface area contributed by atoms with Crippen molar-refractivity contribution in [2.45, 2.75) is 66.6 Å². The molecule has 314 valence electrons. The molecular formula is C42H50O16. The Morgan fingerprint density at radius 1 is 0.466 bits per heavy atom.